The van der Waals surface area contributed by atoms with Crippen molar-refractivity contribution in [1.82, 2.24) is 10.6 Å². The van der Waals surface area contributed by atoms with Crippen LogP contribution in [0.15, 0.2) is 23.2 Å². The van der Waals surface area contributed by atoms with Crippen molar-refractivity contribution >= 4 is 41.5 Å². The average molecular weight is 476 g/mol. The van der Waals surface area contributed by atoms with E-state index in [9.17, 15) is 4.79 Å². The summed E-state index contributed by atoms with van der Waals surface area (Å²) in [6.07, 6.45) is 4.89. The molecule has 1 aromatic rings. The van der Waals surface area contributed by atoms with Crippen molar-refractivity contribution in [3.8, 4) is 5.75 Å². The van der Waals surface area contributed by atoms with E-state index in [1.807, 2.05) is 18.2 Å². The Morgan fingerprint density at radius 2 is 1.92 bits per heavy atom. The number of nitrogens with one attached hydrogen (secondary N) is 3. The highest BCUT2D eigenvalue weighted by molar-refractivity contribution is 14.0. The number of benzene rings is 1. The molecule has 1 aromatic carbocycles. The number of ether oxygens (including phenoxy) is 1. The molecule has 3 N–H and O–H groups in total. The smallest absolute Gasteiger partial charge is 0.221 e. The quantitative estimate of drug-likeness (QED) is 0.207. The van der Waals surface area contributed by atoms with Gasteiger partial charge in [0.2, 0.25) is 5.91 Å². The van der Waals surface area contributed by atoms with Crippen molar-refractivity contribution in [3.63, 3.8) is 0 Å². The van der Waals surface area contributed by atoms with Crippen molar-refractivity contribution in [1.29, 1.82) is 0 Å². The van der Waals surface area contributed by atoms with Gasteiger partial charge in [0, 0.05) is 20.0 Å². The van der Waals surface area contributed by atoms with E-state index in [1.54, 1.807) is 7.11 Å². The van der Waals surface area contributed by atoms with Crippen LogP contribution >= 0.6 is 24.0 Å². The minimum atomic E-state index is -0.124. The molecular formula is C19H33IN4O2. The molecule has 0 aliphatic rings. The van der Waals surface area contributed by atoms with Crippen LogP contribution in [0.25, 0.3) is 0 Å². The molecule has 0 spiro atoms. The molecule has 0 aliphatic carbocycles. The third kappa shape index (κ3) is 9.84. The monoisotopic (exact) mass is 476 g/mol. The summed E-state index contributed by atoms with van der Waals surface area (Å²) in [5.74, 6) is 1.33. The number of hydrogen-bond donors (Lipinski definition) is 3. The summed E-state index contributed by atoms with van der Waals surface area (Å²) < 4.78 is 5.28. The zero-order valence-electron chi connectivity index (χ0n) is 16.4. The summed E-state index contributed by atoms with van der Waals surface area (Å²) in [6, 6.07) is 5.70. The van der Waals surface area contributed by atoms with Gasteiger partial charge in [-0.15, -0.1) is 24.0 Å². The summed E-state index contributed by atoms with van der Waals surface area (Å²) in [7, 11) is 1.59. The number of carbonyl (C=O) groups excluding carboxylic acids is 1. The molecule has 0 unspecified atom stereocenters. The first kappa shape index (κ1) is 24.5. The van der Waals surface area contributed by atoms with Crippen LogP contribution in [0.4, 0.5) is 5.69 Å². The molecular weight excluding hydrogens is 443 g/mol. The van der Waals surface area contributed by atoms with Gasteiger partial charge in [0.25, 0.3) is 0 Å². The lowest BCUT2D eigenvalue weighted by Crippen LogP contribution is -2.37. The first-order valence-corrected chi connectivity index (χ1v) is 9.07. The standard InChI is InChI=1S/C19H32N4O2.HI/c1-5-7-8-9-12-21-19(20-6-2)22-14-16-10-11-18(25-4)17(13-16)23-15(3)24;/h10-11,13H,5-9,12,14H2,1-4H3,(H,23,24)(H2,20,21,22);1H. The number of nitrogens with zero attached hydrogens (tertiary/aromatic N) is 1. The molecule has 0 aliphatic heterocycles. The van der Waals surface area contributed by atoms with Crippen molar-refractivity contribution < 1.29 is 9.53 Å². The minimum absolute atomic E-state index is 0. The van der Waals surface area contributed by atoms with Crippen LogP contribution in [0.2, 0.25) is 0 Å². The minimum Gasteiger partial charge on any atom is -0.495 e. The summed E-state index contributed by atoms with van der Waals surface area (Å²) in [5.41, 5.74) is 1.67. The second-order valence-electron chi connectivity index (χ2n) is 5.90. The molecule has 0 atom stereocenters. The molecule has 26 heavy (non-hydrogen) atoms. The molecule has 6 nitrogen and oxygen atoms in total. The van der Waals surface area contributed by atoms with Gasteiger partial charge < -0.3 is 20.7 Å². The summed E-state index contributed by atoms with van der Waals surface area (Å²) in [5, 5.41) is 9.41. The van der Waals surface area contributed by atoms with E-state index < -0.39 is 0 Å². The largest absolute Gasteiger partial charge is 0.495 e. The first-order valence-electron chi connectivity index (χ1n) is 9.07. The summed E-state index contributed by atoms with van der Waals surface area (Å²) in [4.78, 5) is 15.9. The van der Waals surface area contributed by atoms with Gasteiger partial charge in [-0.3, -0.25) is 4.79 Å². The topological polar surface area (TPSA) is 74.8 Å². The van der Waals surface area contributed by atoms with Gasteiger partial charge in [-0.1, -0.05) is 32.3 Å². The highest BCUT2D eigenvalue weighted by Gasteiger charge is 2.06. The van der Waals surface area contributed by atoms with Gasteiger partial charge in [0.1, 0.15) is 5.75 Å². The summed E-state index contributed by atoms with van der Waals surface area (Å²) in [6.45, 7) is 8.02. The molecule has 0 bridgehead atoms. The van der Waals surface area contributed by atoms with Crippen molar-refractivity contribution in [2.45, 2.75) is 53.0 Å². The molecule has 1 rings (SSSR count). The Balaban J connectivity index is 0.00000625. The zero-order valence-corrected chi connectivity index (χ0v) is 18.7. The number of aliphatic imine (C=N–C) groups is 1. The predicted octanol–water partition coefficient (Wildman–Crippen LogP) is 3.91. The Bertz CT molecular complexity index is 564. The average Bonchev–Trinajstić information content (AvgIpc) is 2.59. The van der Waals surface area contributed by atoms with E-state index in [1.165, 1.54) is 26.2 Å². The van der Waals surface area contributed by atoms with Gasteiger partial charge in [0.15, 0.2) is 5.96 Å². The predicted molar refractivity (Wildman–Crippen MR) is 120 cm³/mol. The normalized spacial score (nSPS) is 10.7. The third-order valence-electron chi connectivity index (χ3n) is 3.66. The Morgan fingerprint density at radius 3 is 2.54 bits per heavy atom. The number of guanidine groups is 1. The van der Waals surface area contributed by atoms with Crippen LogP contribution < -0.4 is 20.7 Å². The molecule has 0 saturated heterocycles. The van der Waals surface area contributed by atoms with Crippen molar-refractivity contribution in [2.24, 2.45) is 4.99 Å². The first-order chi connectivity index (χ1) is 12.1. The van der Waals surface area contributed by atoms with E-state index in [4.69, 9.17) is 4.74 Å². The van der Waals surface area contributed by atoms with Crippen molar-refractivity contribution in [2.75, 3.05) is 25.5 Å². The number of rotatable bonds is 10. The van der Waals surface area contributed by atoms with Gasteiger partial charge in [-0.2, -0.15) is 0 Å². The molecule has 0 radical (unpaired) electrons. The molecule has 0 fully saturated rings. The Kier molecular flexibility index (Phi) is 13.8. The Morgan fingerprint density at radius 1 is 1.15 bits per heavy atom. The number of methoxy groups -OCH3 is 1. The Hall–Kier alpha value is -1.51. The highest BCUT2D eigenvalue weighted by Crippen LogP contribution is 2.25. The van der Waals surface area contributed by atoms with Gasteiger partial charge >= 0.3 is 0 Å². The fourth-order valence-electron chi connectivity index (χ4n) is 2.41. The van der Waals surface area contributed by atoms with Gasteiger partial charge in [-0.05, 0) is 31.0 Å². The van der Waals surface area contributed by atoms with E-state index in [0.29, 0.717) is 18.0 Å². The molecule has 0 heterocycles. The molecule has 0 aromatic heterocycles. The number of anilines is 1. The second-order valence-corrected chi connectivity index (χ2v) is 5.90. The molecule has 1 amide bonds. The number of halogens is 1. The van der Waals surface area contributed by atoms with Crippen LogP contribution in [-0.2, 0) is 11.3 Å². The second kappa shape index (κ2) is 14.6. The lowest BCUT2D eigenvalue weighted by molar-refractivity contribution is -0.114. The fraction of sp³-hybridized carbons (Fsp3) is 0.579. The van der Waals surface area contributed by atoms with E-state index in [2.05, 4.69) is 34.8 Å². The van der Waals surface area contributed by atoms with E-state index in [0.717, 1.165) is 31.0 Å². The third-order valence-corrected chi connectivity index (χ3v) is 3.66. The van der Waals surface area contributed by atoms with Crippen LogP contribution in [0.1, 0.15) is 52.0 Å². The molecule has 0 saturated carbocycles. The van der Waals surface area contributed by atoms with Crippen LogP contribution in [0, 0.1) is 0 Å². The van der Waals surface area contributed by atoms with Gasteiger partial charge in [0.05, 0.1) is 19.3 Å². The maximum Gasteiger partial charge on any atom is 0.221 e. The summed E-state index contributed by atoms with van der Waals surface area (Å²) >= 11 is 0. The number of amides is 1. The zero-order chi connectivity index (χ0) is 18.5. The molecule has 148 valence electrons. The lowest BCUT2D eigenvalue weighted by atomic mass is 10.2. The SMILES string of the molecule is CCCCCCNC(=NCc1ccc(OC)c(NC(C)=O)c1)NCC.I. The van der Waals surface area contributed by atoms with Crippen molar-refractivity contribution in [3.05, 3.63) is 23.8 Å². The van der Waals surface area contributed by atoms with Crippen LogP contribution in [0.5, 0.6) is 5.75 Å². The van der Waals surface area contributed by atoms with Crippen LogP contribution in [-0.4, -0.2) is 32.1 Å². The van der Waals surface area contributed by atoms with E-state index >= 15 is 0 Å². The lowest BCUT2D eigenvalue weighted by Gasteiger charge is -2.12. The van der Waals surface area contributed by atoms with E-state index in [-0.39, 0.29) is 29.9 Å². The van der Waals surface area contributed by atoms with Gasteiger partial charge in [-0.25, -0.2) is 4.99 Å². The Labute approximate surface area is 174 Å². The highest BCUT2D eigenvalue weighted by atomic mass is 127. The number of hydrogen-bond acceptors (Lipinski definition) is 3. The van der Waals surface area contributed by atoms with Crippen LogP contribution in [0.3, 0.4) is 0 Å². The number of carbonyl (C=O) groups is 1. The fourth-order valence-corrected chi connectivity index (χ4v) is 2.41. The molecule has 7 heteroatoms. The maximum absolute atomic E-state index is 11.3. The maximum atomic E-state index is 11.3. The number of unbranched alkanes of at least 4 members (excludes halogenated alkanes) is 3.